The fraction of sp³-hybridized carbons (Fsp3) is 0.333. The second kappa shape index (κ2) is 7.96. The Hall–Kier alpha value is -0.140. The molecule has 0 aliphatic heterocycles. The summed E-state index contributed by atoms with van der Waals surface area (Å²) in [5, 5.41) is 0. The van der Waals surface area contributed by atoms with Crippen molar-refractivity contribution in [2.24, 2.45) is 0 Å². The van der Waals surface area contributed by atoms with E-state index >= 15 is 0 Å². The van der Waals surface area contributed by atoms with Crippen LogP contribution in [0.1, 0.15) is 6.92 Å². The molecule has 62 valence electrons. The summed E-state index contributed by atoms with van der Waals surface area (Å²) in [5.41, 5.74) is 2.72. The summed E-state index contributed by atoms with van der Waals surface area (Å²) >= 11 is 7.25. The molecule has 0 aliphatic rings. The second-order valence-corrected chi connectivity index (χ2v) is 3.43. The Labute approximate surface area is 78.0 Å². The van der Waals surface area contributed by atoms with Gasteiger partial charge in [-0.3, -0.25) is 0 Å². The quantitative estimate of drug-likeness (QED) is 0.595. The van der Waals surface area contributed by atoms with Crippen molar-refractivity contribution in [3.8, 4) is 0 Å². The Balaban J connectivity index is 3.83. The molecule has 0 bridgehead atoms. The smallest absolute Gasteiger partial charge is 0.0184 e. The summed E-state index contributed by atoms with van der Waals surface area (Å²) in [7, 11) is 0. The molecule has 0 aromatic carbocycles. The first-order valence-electron chi connectivity index (χ1n) is 3.51. The zero-order chi connectivity index (χ0) is 8.53. The molecule has 0 saturated heterocycles. The van der Waals surface area contributed by atoms with Gasteiger partial charge in [0.15, 0.2) is 0 Å². The van der Waals surface area contributed by atoms with Crippen LogP contribution >= 0.6 is 23.4 Å². The molecule has 0 radical (unpaired) electrons. The summed E-state index contributed by atoms with van der Waals surface area (Å²) in [5.74, 6) is 2.15. The van der Waals surface area contributed by atoms with Gasteiger partial charge in [0.25, 0.3) is 0 Å². The SMILES string of the molecule is C=C/C(=C\C=C\Cl)CSCC. The van der Waals surface area contributed by atoms with Crippen LogP contribution in [0.25, 0.3) is 0 Å². The molecule has 0 spiro atoms. The van der Waals surface area contributed by atoms with E-state index in [9.17, 15) is 0 Å². The van der Waals surface area contributed by atoms with Crippen molar-refractivity contribution in [2.75, 3.05) is 11.5 Å². The summed E-state index contributed by atoms with van der Waals surface area (Å²) in [6.45, 7) is 5.85. The highest BCUT2D eigenvalue weighted by molar-refractivity contribution is 7.99. The first kappa shape index (κ1) is 10.9. The van der Waals surface area contributed by atoms with E-state index in [0.29, 0.717) is 0 Å². The van der Waals surface area contributed by atoms with Crippen LogP contribution in [0.5, 0.6) is 0 Å². The van der Waals surface area contributed by atoms with E-state index < -0.39 is 0 Å². The van der Waals surface area contributed by atoms with Crippen LogP contribution in [0.4, 0.5) is 0 Å². The fourth-order valence-electron chi connectivity index (χ4n) is 0.555. The first-order chi connectivity index (χ1) is 5.35. The normalized spacial score (nSPS) is 12.4. The van der Waals surface area contributed by atoms with Gasteiger partial charge in [0.2, 0.25) is 0 Å². The molecule has 2 heteroatoms. The molecule has 0 aromatic rings. The van der Waals surface area contributed by atoms with Crippen molar-refractivity contribution in [1.82, 2.24) is 0 Å². The minimum Gasteiger partial charge on any atom is -0.158 e. The average molecular weight is 189 g/mol. The highest BCUT2D eigenvalue weighted by Crippen LogP contribution is 2.08. The van der Waals surface area contributed by atoms with Crippen LogP contribution in [0.2, 0.25) is 0 Å². The van der Waals surface area contributed by atoms with Gasteiger partial charge in [-0.25, -0.2) is 0 Å². The highest BCUT2D eigenvalue weighted by atomic mass is 35.5. The van der Waals surface area contributed by atoms with E-state index in [4.69, 9.17) is 11.6 Å². The maximum atomic E-state index is 5.37. The fourth-order valence-corrected chi connectivity index (χ4v) is 1.28. The Bertz CT molecular complexity index is 159. The van der Waals surface area contributed by atoms with Gasteiger partial charge in [0, 0.05) is 11.3 Å². The number of rotatable bonds is 5. The predicted molar refractivity (Wildman–Crippen MR) is 56.3 cm³/mol. The molecule has 0 unspecified atom stereocenters. The molecule has 0 atom stereocenters. The number of allylic oxidation sites excluding steroid dienone is 3. The average Bonchev–Trinajstić information content (AvgIpc) is 2.05. The Morgan fingerprint density at radius 1 is 1.64 bits per heavy atom. The van der Waals surface area contributed by atoms with Crippen LogP contribution in [0.15, 0.2) is 35.9 Å². The molecular weight excluding hydrogens is 176 g/mol. The van der Waals surface area contributed by atoms with Crippen molar-refractivity contribution < 1.29 is 0 Å². The molecule has 0 amide bonds. The third kappa shape index (κ3) is 6.27. The van der Waals surface area contributed by atoms with Crippen molar-refractivity contribution in [3.63, 3.8) is 0 Å². The molecule has 0 aromatic heterocycles. The Morgan fingerprint density at radius 2 is 2.36 bits per heavy atom. The van der Waals surface area contributed by atoms with Gasteiger partial charge in [-0.15, -0.1) is 0 Å². The summed E-state index contributed by atoms with van der Waals surface area (Å²) in [6.07, 6.45) is 5.65. The minimum absolute atomic E-state index is 1.02. The van der Waals surface area contributed by atoms with Gasteiger partial charge in [-0.05, 0) is 11.3 Å². The van der Waals surface area contributed by atoms with Gasteiger partial charge in [-0.1, -0.05) is 43.3 Å². The van der Waals surface area contributed by atoms with Crippen LogP contribution < -0.4 is 0 Å². The Morgan fingerprint density at radius 3 is 2.82 bits per heavy atom. The maximum absolute atomic E-state index is 5.37. The molecule has 0 fully saturated rings. The summed E-state index contributed by atoms with van der Waals surface area (Å²) in [6, 6.07) is 0. The van der Waals surface area contributed by atoms with Crippen molar-refractivity contribution in [3.05, 3.63) is 35.9 Å². The van der Waals surface area contributed by atoms with Crippen LogP contribution in [-0.2, 0) is 0 Å². The summed E-state index contributed by atoms with van der Waals surface area (Å²) < 4.78 is 0. The molecule has 0 heterocycles. The summed E-state index contributed by atoms with van der Waals surface area (Å²) in [4.78, 5) is 0. The zero-order valence-electron chi connectivity index (χ0n) is 6.72. The molecule has 0 saturated carbocycles. The van der Waals surface area contributed by atoms with Gasteiger partial charge in [-0.2, -0.15) is 11.8 Å². The zero-order valence-corrected chi connectivity index (χ0v) is 8.29. The molecule has 11 heavy (non-hydrogen) atoms. The molecular formula is C9H13ClS. The molecule has 0 nitrogen and oxygen atoms in total. The van der Waals surface area contributed by atoms with E-state index in [1.165, 1.54) is 11.1 Å². The lowest BCUT2D eigenvalue weighted by molar-refractivity contribution is 1.48. The monoisotopic (exact) mass is 188 g/mol. The van der Waals surface area contributed by atoms with Gasteiger partial charge < -0.3 is 0 Å². The van der Waals surface area contributed by atoms with Crippen LogP contribution in [0, 0.1) is 0 Å². The lowest BCUT2D eigenvalue weighted by Gasteiger charge is -1.97. The topological polar surface area (TPSA) is 0 Å². The van der Waals surface area contributed by atoms with Crippen molar-refractivity contribution in [2.45, 2.75) is 6.92 Å². The van der Waals surface area contributed by atoms with Gasteiger partial charge in [0.05, 0.1) is 0 Å². The minimum atomic E-state index is 1.02. The van der Waals surface area contributed by atoms with Crippen LogP contribution in [-0.4, -0.2) is 11.5 Å². The van der Waals surface area contributed by atoms with E-state index in [1.54, 1.807) is 0 Å². The molecule has 0 N–H and O–H groups in total. The van der Waals surface area contributed by atoms with Crippen molar-refractivity contribution >= 4 is 23.4 Å². The number of thioether (sulfide) groups is 1. The van der Waals surface area contributed by atoms with E-state index in [2.05, 4.69) is 13.5 Å². The van der Waals surface area contributed by atoms with E-state index in [1.807, 2.05) is 30.0 Å². The van der Waals surface area contributed by atoms with Crippen molar-refractivity contribution in [1.29, 1.82) is 0 Å². The molecule has 0 aliphatic carbocycles. The predicted octanol–water partition coefficient (Wildman–Crippen LogP) is 3.60. The first-order valence-corrected chi connectivity index (χ1v) is 5.10. The number of hydrogen-bond donors (Lipinski definition) is 0. The highest BCUT2D eigenvalue weighted by Gasteiger charge is 1.88. The third-order valence-corrected chi connectivity index (χ3v) is 2.21. The largest absolute Gasteiger partial charge is 0.158 e. The lowest BCUT2D eigenvalue weighted by atomic mass is 10.3. The number of hydrogen-bond acceptors (Lipinski definition) is 1. The van der Waals surface area contributed by atoms with Gasteiger partial charge >= 0.3 is 0 Å². The van der Waals surface area contributed by atoms with Gasteiger partial charge in [0.1, 0.15) is 0 Å². The van der Waals surface area contributed by atoms with E-state index in [0.717, 1.165) is 11.5 Å². The van der Waals surface area contributed by atoms with E-state index in [-0.39, 0.29) is 0 Å². The molecule has 0 rings (SSSR count). The maximum Gasteiger partial charge on any atom is 0.0184 e. The lowest BCUT2D eigenvalue weighted by Crippen LogP contribution is -1.82. The Kier molecular flexibility index (Phi) is 7.86. The van der Waals surface area contributed by atoms with Crippen LogP contribution in [0.3, 0.4) is 0 Å². The second-order valence-electron chi connectivity index (χ2n) is 1.90. The standard InChI is InChI=1S/C9H13ClS/c1-3-9(6-5-7-10)8-11-4-2/h3,5-7H,1,4,8H2,2H3/b7-5+,9-6+. The number of halogens is 1. The third-order valence-electron chi connectivity index (χ3n) is 1.12.